The van der Waals surface area contributed by atoms with Crippen molar-refractivity contribution in [2.24, 2.45) is 11.8 Å². The lowest BCUT2D eigenvalue weighted by atomic mass is 9.85. The van der Waals surface area contributed by atoms with Gasteiger partial charge >= 0.3 is 0 Å². The molecule has 0 saturated carbocycles. The average Bonchev–Trinajstić information content (AvgIpc) is 2.89. The average molecular weight is 597 g/mol. The second kappa shape index (κ2) is 16.1. The minimum Gasteiger partial charge on any atom is -0.507 e. The molecular weight excluding hydrogens is 536 g/mol. The number of phenols is 1. The van der Waals surface area contributed by atoms with Gasteiger partial charge in [-0.2, -0.15) is 0 Å². The van der Waals surface area contributed by atoms with Gasteiger partial charge in [0.1, 0.15) is 29.8 Å². The predicted molar refractivity (Wildman–Crippen MR) is 166 cm³/mol. The van der Waals surface area contributed by atoms with E-state index in [2.05, 4.69) is 20.8 Å². The molecule has 0 radical (unpaired) electrons. The Hall–Kier alpha value is -1.42. The summed E-state index contributed by atoms with van der Waals surface area (Å²) in [7, 11) is 0. The van der Waals surface area contributed by atoms with Gasteiger partial charge in [0.2, 0.25) is 6.29 Å². The van der Waals surface area contributed by atoms with Gasteiger partial charge in [0.25, 0.3) is 0 Å². The Morgan fingerprint density at radius 1 is 0.786 bits per heavy atom. The van der Waals surface area contributed by atoms with E-state index in [-0.39, 0.29) is 12.4 Å². The van der Waals surface area contributed by atoms with Crippen LogP contribution in [0.3, 0.4) is 0 Å². The van der Waals surface area contributed by atoms with Crippen LogP contribution in [-0.4, -0.2) is 73.1 Å². The molecule has 0 amide bonds. The van der Waals surface area contributed by atoms with Crippen molar-refractivity contribution in [1.29, 1.82) is 0 Å². The Bertz CT molecular complexity index is 973. The van der Waals surface area contributed by atoms with Crippen molar-refractivity contribution in [3.63, 3.8) is 0 Å². The molecule has 1 fully saturated rings. The van der Waals surface area contributed by atoms with E-state index in [0.29, 0.717) is 66.0 Å². The second-order valence-electron chi connectivity index (χ2n) is 14.1. The van der Waals surface area contributed by atoms with Crippen LogP contribution >= 0.6 is 0 Å². The number of rotatable bonds is 17. The molecule has 0 aliphatic carbocycles. The summed E-state index contributed by atoms with van der Waals surface area (Å²) in [5.41, 5.74) is 0.893. The number of aliphatic hydroxyl groups is 5. The van der Waals surface area contributed by atoms with Crippen LogP contribution in [-0.2, 0) is 11.2 Å². The van der Waals surface area contributed by atoms with Crippen LogP contribution in [0.2, 0.25) is 0 Å². The van der Waals surface area contributed by atoms with Gasteiger partial charge in [-0.3, -0.25) is 0 Å². The second-order valence-corrected chi connectivity index (χ2v) is 14.1. The zero-order valence-electron chi connectivity index (χ0n) is 27.4. The van der Waals surface area contributed by atoms with E-state index >= 15 is 0 Å². The maximum atomic E-state index is 11.2. The van der Waals surface area contributed by atoms with E-state index in [1.165, 1.54) is 19.3 Å². The molecule has 0 aromatic heterocycles. The molecule has 8 nitrogen and oxygen atoms in total. The lowest BCUT2D eigenvalue weighted by molar-refractivity contribution is -0.242. The molecule has 0 spiro atoms. The predicted octanol–water partition coefficient (Wildman–Crippen LogP) is 5.37. The zero-order valence-corrected chi connectivity index (χ0v) is 27.4. The number of aromatic hydroxyl groups is 1. The molecule has 1 aliphatic rings. The largest absolute Gasteiger partial charge is 0.507 e. The van der Waals surface area contributed by atoms with Crippen molar-refractivity contribution >= 4 is 0 Å². The molecule has 2 rings (SSSR count). The van der Waals surface area contributed by atoms with Gasteiger partial charge in [-0.15, -0.1) is 0 Å². The quantitative estimate of drug-likeness (QED) is 0.141. The van der Waals surface area contributed by atoms with Crippen LogP contribution in [0.5, 0.6) is 11.5 Å². The van der Waals surface area contributed by atoms with Crippen LogP contribution in [0.15, 0.2) is 0 Å². The van der Waals surface area contributed by atoms with Crippen LogP contribution in [0.25, 0.3) is 0 Å². The van der Waals surface area contributed by atoms with Gasteiger partial charge < -0.3 is 40.1 Å². The first-order valence-corrected chi connectivity index (χ1v) is 16.0. The summed E-state index contributed by atoms with van der Waals surface area (Å²) < 4.78 is 11.4. The zero-order chi connectivity index (χ0) is 31.8. The lowest BCUT2D eigenvalue weighted by Gasteiger charge is -2.36. The van der Waals surface area contributed by atoms with Crippen molar-refractivity contribution in [2.45, 2.75) is 162 Å². The molecule has 1 aromatic rings. The maximum absolute atomic E-state index is 11.2. The summed E-state index contributed by atoms with van der Waals surface area (Å²) in [5, 5.41) is 63.2. The fraction of sp³-hybridized carbons (Fsp3) is 0.824. The molecule has 1 heterocycles. The van der Waals surface area contributed by atoms with Crippen molar-refractivity contribution in [3.8, 4) is 11.5 Å². The summed E-state index contributed by atoms with van der Waals surface area (Å²) in [6.07, 6.45) is 4.18. The molecule has 244 valence electrons. The Labute approximate surface area is 254 Å². The third kappa shape index (κ3) is 10.9. The number of hydrogen-bond donors (Lipinski definition) is 6. The standard InChI is InChI=1S/C34H60O8/c1-21(2)12-9-13-22(3)14-10-16-33(7,39)17-11-18-34(8,40)19-15-26-25(6)31(24(5)23(4)28(26)36)42-32-30(38)29(37)27(35)20-41-32/h21-22,27,29-30,32,35-40H,9-20H2,1-8H3. The normalized spacial score (nSPS) is 24.8. The van der Waals surface area contributed by atoms with E-state index in [1.807, 2.05) is 13.8 Å². The van der Waals surface area contributed by atoms with Crippen molar-refractivity contribution in [3.05, 3.63) is 22.3 Å². The smallest absolute Gasteiger partial charge is 0.228 e. The van der Waals surface area contributed by atoms with Gasteiger partial charge in [-0.1, -0.05) is 52.9 Å². The van der Waals surface area contributed by atoms with Gasteiger partial charge in [0, 0.05) is 5.56 Å². The highest BCUT2D eigenvalue weighted by molar-refractivity contribution is 5.57. The van der Waals surface area contributed by atoms with Crippen LogP contribution in [0.1, 0.15) is 121 Å². The molecule has 1 aromatic carbocycles. The Morgan fingerprint density at radius 3 is 1.98 bits per heavy atom. The third-order valence-electron chi connectivity index (χ3n) is 9.26. The molecule has 7 atom stereocenters. The van der Waals surface area contributed by atoms with Crippen LogP contribution in [0.4, 0.5) is 0 Å². The first-order chi connectivity index (χ1) is 19.5. The summed E-state index contributed by atoms with van der Waals surface area (Å²) in [4.78, 5) is 0. The van der Waals surface area contributed by atoms with Crippen LogP contribution in [0, 0.1) is 32.6 Å². The van der Waals surface area contributed by atoms with Gasteiger partial charge in [0.05, 0.1) is 17.8 Å². The summed E-state index contributed by atoms with van der Waals surface area (Å²) >= 11 is 0. The Kier molecular flexibility index (Phi) is 14.1. The van der Waals surface area contributed by atoms with E-state index in [1.54, 1.807) is 20.8 Å². The van der Waals surface area contributed by atoms with Crippen molar-refractivity contribution < 1.29 is 40.1 Å². The fourth-order valence-corrected chi connectivity index (χ4v) is 6.00. The molecule has 1 aliphatic heterocycles. The summed E-state index contributed by atoms with van der Waals surface area (Å²) in [6.45, 7) is 15.8. The highest BCUT2D eigenvalue weighted by Gasteiger charge is 2.39. The molecule has 8 heteroatoms. The number of aliphatic hydroxyl groups excluding tert-OH is 3. The molecule has 7 unspecified atom stereocenters. The van der Waals surface area contributed by atoms with Gasteiger partial charge in [-0.25, -0.2) is 0 Å². The molecule has 1 saturated heterocycles. The van der Waals surface area contributed by atoms with E-state index < -0.39 is 35.8 Å². The minimum absolute atomic E-state index is 0.148. The first kappa shape index (κ1) is 36.8. The van der Waals surface area contributed by atoms with E-state index in [0.717, 1.165) is 25.2 Å². The maximum Gasteiger partial charge on any atom is 0.228 e. The number of phenolic OH excluding ortho intramolecular Hbond substituents is 1. The summed E-state index contributed by atoms with van der Waals surface area (Å²) in [6, 6.07) is 0. The Morgan fingerprint density at radius 2 is 1.36 bits per heavy atom. The molecule has 0 bridgehead atoms. The number of hydrogen-bond acceptors (Lipinski definition) is 8. The first-order valence-electron chi connectivity index (χ1n) is 16.0. The highest BCUT2D eigenvalue weighted by atomic mass is 16.7. The Balaban J connectivity index is 1.92. The minimum atomic E-state index is -1.43. The van der Waals surface area contributed by atoms with Gasteiger partial charge in [0.15, 0.2) is 0 Å². The third-order valence-corrected chi connectivity index (χ3v) is 9.26. The van der Waals surface area contributed by atoms with Gasteiger partial charge in [-0.05, 0) is 102 Å². The highest BCUT2D eigenvalue weighted by Crippen LogP contribution is 2.40. The molecular formula is C34H60O8. The lowest BCUT2D eigenvalue weighted by Crippen LogP contribution is -2.54. The van der Waals surface area contributed by atoms with Crippen molar-refractivity contribution in [2.75, 3.05) is 6.61 Å². The molecule has 42 heavy (non-hydrogen) atoms. The topological polar surface area (TPSA) is 140 Å². The monoisotopic (exact) mass is 596 g/mol. The number of benzene rings is 1. The number of ether oxygens (including phenoxy) is 2. The molecule has 6 N–H and O–H groups in total. The SMILES string of the molecule is Cc1c(C)c(OC2OCC(O)C(O)C2O)c(C)c(CCC(C)(O)CCCC(C)(O)CCCC(C)CCCC(C)C)c1O. The van der Waals surface area contributed by atoms with Crippen molar-refractivity contribution in [1.82, 2.24) is 0 Å². The summed E-state index contributed by atoms with van der Waals surface area (Å²) in [5.74, 6) is 2.02. The van der Waals surface area contributed by atoms with Crippen LogP contribution < -0.4 is 4.74 Å². The van der Waals surface area contributed by atoms with E-state index in [4.69, 9.17) is 9.47 Å². The fourth-order valence-electron chi connectivity index (χ4n) is 6.00. The van der Waals surface area contributed by atoms with E-state index in [9.17, 15) is 30.6 Å².